The molecule has 0 saturated carbocycles. The third-order valence-electron chi connectivity index (χ3n) is 3.97. The van der Waals surface area contributed by atoms with Gasteiger partial charge in [0.15, 0.2) is 0 Å². The first kappa shape index (κ1) is 14.6. The van der Waals surface area contributed by atoms with Crippen LogP contribution < -0.4 is 5.73 Å². The van der Waals surface area contributed by atoms with Crippen molar-refractivity contribution in [2.45, 2.75) is 32.4 Å². The second kappa shape index (κ2) is 6.60. The molecule has 3 nitrogen and oxygen atoms in total. The fourth-order valence-corrected chi connectivity index (χ4v) is 3.01. The molecule has 1 saturated heterocycles. The van der Waals surface area contributed by atoms with Crippen LogP contribution in [0.3, 0.4) is 0 Å². The monoisotopic (exact) mass is 281 g/mol. The van der Waals surface area contributed by atoms with Crippen molar-refractivity contribution in [3.05, 3.63) is 28.8 Å². The molecule has 1 fully saturated rings. The number of halogens is 1. The Labute approximate surface area is 121 Å². The summed E-state index contributed by atoms with van der Waals surface area (Å²) < 4.78 is 0. The van der Waals surface area contributed by atoms with Gasteiger partial charge in [0.25, 0.3) is 0 Å². The number of hydrogen-bond acceptors (Lipinski definition) is 3. The molecule has 1 heterocycles. The number of rotatable bonds is 3. The molecule has 0 spiro atoms. The molecule has 0 amide bonds. The lowest BCUT2D eigenvalue weighted by atomic mass is 10.1. The Hall–Kier alpha value is -0.770. The first-order chi connectivity index (χ1) is 9.10. The van der Waals surface area contributed by atoms with Gasteiger partial charge >= 0.3 is 0 Å². The molecule has 1 atom stereocenters. The van der Waals surface area contributed by atoms with Crippen LogP contribution in [0.4, 0.5) is 5.69 Å². The first-order valence-corrected chi connectivity index (χ1v) is 7.44. The SMILES string of the molecule is CCC1CN(C)CCCN1Cc1cc(Cl)ccc1N. The molecule has 1 aromatic carbocycles. The Bertz CT molecular complexity index is 422. The van der Waals surface area contributed by atoms with Crippen LogP contribution in [0.5, 0.6) is 0 Å². The molecule has 0 aliphatic carbocycles. The number of benzene rings is 1. The third kappa shape index (κ3) is 3.85. The van der Waals surface area contributed by atoms with E-state index in [1.807, 2.05) is 18.2 Å². The van der Waals surface area contributed by atoms with Crippen molar-refractivity contribution in [3.63, 3.8) is 0 Å². The van der Waals surface area contributed by atoms with Crippen LogP contribution in [0.1, 0.15) is 25.3 Å². The molecule has 2 rings (SSSR count). The number of likely N-dealkylation sites (N-methyl/N-ethyl adjacent to an activating group) is 1. The van der Waals surface area contributed by atoms with Gasteiger partial charge in [-0.2, -0.15) is 0 Å². The Morgan fingerprint density at radius 1 is 1.37 bits per heavy atom. The predicted octanol–water partition coefficient (Wildman–Crippen LogP) is 2.84. The summed E-state index contributed by atoms with van der Waals surface area (Å²) in [5.41, 5.74) is 8.06. The minimum atomic E-state index is 0.603. The lowest BCUT2D eigenvalue weighted by Gasteiger charge is -2.30. The largest absolute Gasteiger partial charge is 0.398 e. The van der Waals surface area contributed by atoms with E-state index in [0.717, 1.165) is 35.9 Å². The average molecular weight is 282 g/mol. The maximum Gasteiger partial charge on any atom is 0.0410 e. The first-order valence-electron chi connectivity index (χ1n) is 7.06. The highest BCUT2D eigenvalue weighted by molar-refractivity contribution is 6.30. The van der Waals surface area contributed by atoms with E-state index in [1.54, 1.807) is 0 Å². The summed E-state index contributed by atoms with van der Waals surface area (Å²) in [7, 11) is 2.21. The molecule has 19 heavy (non-hydrogen) atoms. The normalized spacial score (nSPS) is 22.4. The van der Waals surface area contributed by atoms with E-state index in [-0.39, 0.29) is 0 Å². The molecule has 1 unspecified atom stereocenters. The zero-order valence-electron chi connectivity index (χ0n) is 11.9. The Balaban J connectivity index is 2.13. The highest BCUT2D eigenvalue weighted by atomic mass is 35.5. The quantitative estimate of drug-likeness (QED) is 0.865. The lowest BCUT2D eigenvalue weighted by molar-refractivity contribution is 0.176. The number of hydrogen-bond donors (Lipinski definition) is 1. The van der Waals surface area contributed by atoms with Gasteiger partial charge in [-0.3, -0.25) is 4.90 Å². The van der Waals surface area contributed by atoms with E-state index in [4.69, 9.17) is 17.3 Å². The van der Waals surface area contributed by atoms with E-state index in [1.165, 1.54) is 19.4 Å². The zero-order valence-corrected chi connectivity index (χ0v) is 12.7. The van der Waals surface area contributed by atoms with Crippen molar-refractivity contribution in [2.75, 3.05) is 32.4 Å². The van der Waals surface area contributed by atoms with Gasteiger partial charge in [-0.1, -0.05) is 18.5 Å². The second-order valence-corrected chi connectivity index (χ2v) is 5.93. The predicted molar refractivity (Wildman–Crippen MR) is 82.5 cm³/mol. The van der Waals surface area contributed by atoms with Crippen LogP contribution in [-0.2, 0) is 6.54 Å². The van der Waals surface area contributed by atoms with E-state index >= 15 is 0 Å². The summed E-state index contributed by atoms with van der Waals surface area (Å²) in [6, 6.07) is 6.36. The summed E-state index contributed by atoms with van der Waals surface area (Å²) in [5, 5.41) is 0.768. The number of nitrogens with zero attached hydrogens (tertiary/aromatic N) is 2. The molecule has 0 bridgehead atoms. The number of nitrogen functional groups attached to an aromatic ring is 1. The molecule has 1 aliphatic rings. The number of anilines is 1. The minimum absolute atomic E-state index is 0.603. The van der Waals surface area contributed by atoms with Crippen LogP contribution in [0.2, 0.25) is 5.02 Å². The van der Waals surface area contributed by atoms with Gasteiger partial charge in [0.2, 0.25) is 0 Å². The summed E-state index contributed by atoms with van der Waals surface area (Å²) in [4.78, 5) is 4.97. The summed E-state index contributed by atoms with van der Waals surface area (Å²) in [6.07, 6.45) is 2.39. The summed E-state index contributed by atoms with van der Waals surface area (Å²) in [6.45, 7) is 6.61. The van der Waals surface area contributed by atoms with Crippen LogP contribution in [0.25, 0.3) is 0 Å². The lowest BCUT2D eigenvalue weighted by Crippen LogP contribution is -2.39. The average Bonchev–Trinajstić information content (AvgIpc) is 2.55. The van der Waals surface area contributed by atoms with E-state index < -0.39 is 0 Å². The number of nitrogens with two attached hydrogens (primary N) is 1. The maximum atomic E-state index is 6.08. The Kier molecular flexibility index (Phi) is 5.08. The Morgan fingerprint density at radius 3 is 2.89 bits per heavy atom. The molecular formula is C15H24ClN3. The van der Waals surface area contributed by atoms with Crippen LogP contribution >= 0.6 is 11.6 Å². The van der Waals surface area contributed by atoms with Crippen molar-refractivity contribution in [1.82, 2.24) is 9.80 Å². The fraction of sp³-hybridized carbons (Fsp3) is 0.600. The molecular weight excluding hydrogens is 258 g/mol. The van der Waals surface area contributed by atoms with Gasteiger partial charge in [0, 0.05) is 36.4 Å². The molecule has 1 aliphatic heterocycles. The van der Waals surface area contributed by atoms with Crippen molar-refractivity contribution >= 4 is 17.3 Å². The molecule has 4 heteroatoms. The van der Waals surface area contributed by atoms with Crippen molar-refractivity contribution in [2.24, 2.45) is 0 Å². The standard InChI is InChI=1S/C15H24ClN3/c1-3-14-11-18(2)7-4-8-19(14)10-12-9-13(16)5-6-15(12)17/h5-6,9,14H,3-4,7-8,10-11,17H2,1-2H3. The van der Waals surface area contributed by atoms with Gasteiger partial charge in [-0.15, -0.1) is 0 Å². The Morgan fingerprint density at radius 2 is 2.16 bits per heavy atom. The zero-order chi connectivity index (χ0) is 13.8. The van der Waals surface area contributed by atoms with Gasteiger partial charge in [0.1, 0.15) is 0 Å². The maximum absolute atomic E-state index is 6.08. The third-order valence-corrected chi connectivity index (χ3v) is 4.21. The van der Waals surface area contributed by atoms with E-state index in [9.17, 15) is 0 Å². The molecule has 106 valence electrons. The van der Waals surface area contributed by atoms with Gasteiger partial charge in [-0.25, -0.2) is 0 Å². The van der Waals surface area contributed by atoms with Crippen LogP contribution in [0.15, 0.2) is 18.2 Å². The molecule has 2 N–H and O–H groups in total. The van der Waals surface area contributed by atoms with Crippen LogP contribution in [-0.4, -0.2) is 42.5 Å². The highest BCUT2D eigenvalue weighted by Gasteiger charge is 2.22. The van der Waals surface area contributed by atoms with Gasteiger partial charge in [0.05, 0.1) is 0 Å². The topological polar surface area (TPSA) is 32.5 Å². The van der Waals surface area contributed by atoms with Crippen LogP contribution in [0, 0.1) is 0 Å². The molecule has 1 aromatic rings. The minimum Gasteiger partial charge on any atom is -0.398 e. The molecule has 0 radical (unpaired) electrons. The van der Waals surface area contributed by atoms with Gasteiger partial charge in [-0.05, 0) is 50.2 Å². The van der Waals surface area contributed by atoms with Crippen molar-refractivity contribution in [3.8, 4) is 0 Å². The van der Waals surface area contributed by atoms with E-state index in [2.05, 4.69) is 23.8 Å². The second-order valence-electron chi connectivity index (χ2n) is 5.49. The summed E-state index contributed by atoms with van der Waals surface area (Å²) >= 11 is 6.08. The summed E-state index contributed by atoms with van der Waals surface area (Å²) in [5.74, 6) is 0. The fourth-order valence-electron chi connectivity index (χ4n) is 2.82. The van der Waals surface area contributed by atoms with Crippen molar-refractivity contribution < 1.29 is 0 Å². The van der Waals surface area contributed by atoms with Gasteiger partial charge < -0.3 is 10.6 Å². The smallest absolute Gasteiger partial charge is 0.0410 e. The molecule has 0 aromatic heterocycles. The van der Waals surface area contributed by atoms with E-state index in [0.29, 0.717) is 6.04 Å². The van der Waals surface area contributed by atoms with Crippen molar-refractivity contribution in [1.29, 1.82) is 0 Å². The highest BCUT2D eigenvalue weighted by Crippen LogP contribution is 2.22.